The van der Waals surface area contributed by atoms with E-state index in [9.17, 15) is 5.21 Å². The molecule has 0 aliphatic rings. The highest BCUT2D eigenvalue weighted by atomic mass is 35.5. The fourth-order valence-electron chi connectivity index (χ4n) is 1.92. The molecular weight excluding hydrogens is 314 g/mol. The van der Waals surface area contributed by atoms with Gasteiger partial charge in [0.25, 0.3) is 0 Å². The number of aliphatic imine (C=N–C) groups is 1. The van der Waals surface area contributed by atoms with Crippen LogP contribution >= 0.6 is 11.6 Å². The average Bonchev–Trinajstić information content (AvgIpc) is 2.54. The van der Waals surface area contributed by atoms with Crippen molar-refractivity contribution < 1.29 is 9.94 Å². The Balaban J connectivity index is 2.20. The van der Waals surface area contributed by atoms with Gasteiger partial charge in [-0.1, -0.05) is 11.6 Å². The molecule has 0 amide bonds. The highest BCUT2D eigenvalue weighted by Gasteiger charge is 2.04. The van der Waals surface area contributed by atoms with E-state index in [0.29, 0.717) is 22.3 Å². The number of hydrogen-bond acceptors (Lipinski definition) is 4. The second-order valence-electron chi connectivity index (χ2n) is 4.80. The maximum Gasteiger partial charge on any atom is 0.128 e. The molecule has 2 aromatic rings. The van der Waals surface area contributed by atoms with Gasteiger partial charge in [0.15, 0.2) is 0 Å². The minimum absolute atomic E-state index is 0.359. The fraction of sp³-hybridized carbons (Fsp3) is 0.118. The number of rotatable bonds is 5. The van der Waals surface area contributed by atoms with Crippen molar-refractivity contribution in [1.29, 1.82) is 0 Å². The molecule has 6 heteroatoms. The van der Waals surface area contributed by atoms with Crippen LogP contribution in [0.15, 0.2) is 53.5 Å². The molecule has 0 saturated heterocycles. The number of nitrogens with zero attached hydrogens (tertiary/aromatic N) is 2. The van der Waals surface area contributed by atoms with Crippen LogP contribution in [0.4, 0.5) is 11.4 Å². The number of benzene rings is 2. The molecule has 0 aromatic heterocycles. The lowest BCUT2D eigenvalue weighted by Gasteiger charge is -2.13. The highest BCUT2D eigenvalue weighted by Crippen LogP contribution is 2.25. The standard InChI is InChI=1S/C17H18ClN3O2/c1-21(22)15-9-3-12(16(11-15)23-2)4-10-17(19)20-14-7-5-13(18)6-8-14/h3-11,22H,1-2H3,(H2,19,20)/b10-4+. The van der Waals surface area contributed by atoms with Crippen LogP contribution in [-0.2, 0) is 0 Å². The van der Waals surface area contributed by atoms with Gasteiger partial charge < -0.3 is 10.5 Å². The number of amidine groups is 1. The summed E-state index contributed by atoms with van der Waals surface area (Å²) in [6, 6.07) is 12.4. The predicted molar refractivity (Wildman–Crippen MR) is 95.0 cm³/mol. The van der Waals surface area contributed by atoms with E-state index in [0.717, 1.165) is 16.3 Å². The molecule has 120 valence electrons. The van der Waals surface area contributed by atoms with Crippen LogP contribution in [0.25, 0.3) is 6.08 Å². The summed E-state index contributed by atoms with van der Waals surface area (Å²) in [5.74, 6) is 0.983. The Morgan fingerprint density at radius 1 is 1.26 bits per heavy atom. The summed E-state index contributed by atoms with van der Waals surface area (Å²) in [4.78, 5) is 4.28. The van der Waals surface area contributed by atoms with Crippen LogP contribution in [0.5, 0.6) is 5.75 Å². The van der Waals surface area contributed by atoms with Crippen molar-refractivity contribution in [2.24, 2.45) is 10.7 Å². The molecule has 2 rings (SSSR count). The van der Waals surface area contributed by atoms with Gasteiger partial charge in [0.05, 0.1) is 18.5 Å². The van der Waals surface area contributed by atoms with Gasteiger partial charge in [0.2, 0.25) is 0 Å². The first-order valence-electron chi connectivity index (χ1n) is 6.88. The third-order valence-corrected chi connectivity index (χ3v) is 3.36. The van der Waals surface area contributed by atoms with Gasteiger partial charge >= 0.3 is 0 Å². The van der Waals surface area contributed by atoms with Gasteiger partial charge in [-0.2, -0.15) is 0 Å². The van der Waals surface area contributed by atoms with Crippen molar-refractivity contribution in [1.82, 2.24) is 0 Å². The maximum absolute atomic E-state index is 9.45. The van der Waals surface area contributed by atoms with Gasteiger partial charge in [0, 0.05) is 23.7 Å². The summed E-state index contributed by atoms with van der Waals surface area (Å²) in [6.07, 6.45) is 3.49. The zero-order valence-corrected chi connectivity index (χ0v) is 13.7. The molecule has 0 atom stereocenters. The average molecular weight is 332 g/mol. The van der Waals surface area contributed by atoms with Crippen molar-refractivity contribution in [3.05, 3.63) is 59.1 Å². The maximum atomic E-state index is 9.45. The Morgan fingerprint density at radius 2 is 1.96 bits per heavy atom. The molecule has 5 nitrogen and oxygen atoms in total. The Morgan fingerprint density at radius 3 is 2.57 bits per heavy atom. The Kier molecular flexibility index (Phi) is 5.62. The van der Waals surface area contributed by atoms with E-state index in [2.05, 4.69) is 4.99 Å². The number of hydrogen-bond donors (Lipinski definition) is 2. The van der Waals surface area contributed by atoms with Crippen LogP contribution in [-0.4, -0.2) is 25.2 Å². The molecule has 0 heterocycles. The molecule has 0 saturated carbocycles. The summed E-state index contributed by atoms with van der Waals surface area (Å²) >= 11 is 5.83. The number of nitrogens with two attached hydrogens (primary N) is 1. The molecule has 3 N–H and O–H groups in total. The van der Waals surface area contributed by atoms with Gasteiger partial charge in [-0.15, -0.1) is 0 Å². The molecule has 0 aliphatic heterocycles. The number of halogens is 1. The van der Waals surface area contributed by atoms with Crippen LogP contribution in [0.3, 0.4) is 0 Å². The first-order chi connectivity index (χ1) is 11.0. The minimum atomic E-state index is 0.359. The van der Waals surface area contributed by atoms with E-state index >= 15 is 0 Å². The third kappa shape index (κ3) is 4.74. The summed E-state index contributed by atoms with van der Waals surface area (Å²) in [5.41, 5.74) is 8.08. The molecular formula is C17H18ClN3O2. The Hall–Kier alpha value is -2.50. The van der Waals surface area contributed by atoms with Gasteiger partial charge in [-0.25, -0.2) is 4.99 Å². The molecule has 0 fully saturated rings. The summed E-state index contributed by atoms with van der Waals surface area (Å²) < 4.78 is 5.32. The van der Waals surface area contributed by atoms with Crippen molar-refractivity contribution in [3.8, 4) is 5.75 Å². The molecule has 0 aliphatic carbocycles. The summed E-state index contributed by atoms with van der Waals surface area (Å²) in [5, 5.41) is 11.1. The lowest BCUT2D eigenvalue weighted by molar-refractivity contribution is 0.279. The quantitative estimate of drug-likeness (QED) is 0.495. The first kappa shape index (κ1) is 16.9. The van der Waals surface area contributed by atoms with Crippen molar-refractivity contribution in [2.45, 2.75) is 0 Å². The van der Waals surface area contributed by atoms with Crippen molar-refractivity contribution in [2.75, 3.05) is 19.2 Å². The zero-order valence-electron chi connectivity index (χ0n) is 12.9. The fourth-order valence-corrected chi connectivity index (χ4v) is 2.04. The Labute approximate surface area is 140 Å². The SMILES string of the molecule is COc1cc(N(C)O)ccc1/C=C/C(N)=Nc1ccc(Cl)cc1. The number of anilines is 1. The first-order valence-corrected chi connectivity index (χ1v) is 7.26. The van der Waals surface area contributed by atoms with Crippen LogP contribution < -0.4 is 15.5 Å². The minimum Gasteiger partial charge on any atom is -0.496 e. The largest absolute Gasteiger partial charge is 0.496 e. The van der Waals surface area contributed by atoms with Crippen molar-refractivity contribution in [3.63, 3.8) is 0 Å². The van der Waals surface area contributed by atoms with E-state index in [1.165, 1.54) is 0 Å². The van der Waals surface area contributed by atoms with E-state index in [1.807, 2.05) is 6.07 Å². The second-order valence-corrected chi connectivity index (χ2v) is 5.23. The van der Waals surface area contributed by atoms with E-state index in [-0.39, 0.29) is 0 Å². The van der Waals surface area contributed by atoms with Crippen LogP contribution in [0, 0.1) is 0 Å². The third-order valence-electron chi connectivity index (χ3n) is 3.11. The second kappa shape index (κ2) is 7.67. The van der Waals surface area contributed by atoms with Gasteiger partial charge in [-0.3, -0.25) is 10.3 Å². The topological polar surface area (TPSA) is 71.1 Å². The number of ether oxygens (including phenoxy) is 1. The lowest BCUT2D eigenvalue weighted by Crippen LogP contribution is -2.10. The van der Waals surface area contributed by atoms with E-state index in [1.54, 1.807) is 62.7 Å². The van der Waals surface area contributed by atoms with Crippen molar-refractivity contribution >= 4 is 34.9 Å². The highest BCUT2D eigenvalue weighted by molar-refractivity contribution is 6.30. The molecule has 0 unspecified atom stereocenters. The number of hydroxylamine groups is 1. The summed E-state index contributed by atoms with van der Waals surface area (Å²) in [6.45, 7) is 0. The molecule has 23 heavy (non-hydrogen) atoms. The molecule has 0 spiro atoms. The normalized spacial score (nSPS) is 11.7. The molecule has 0 bridgehead atoms. The monoisotopic (exact) mass is 331 g/mol. The Bertz CT molecular complexity index is 725. The lowest BCUT2D eigenvalue weighted by atomic mass is 10.1. The van der Waals surface area contributed by atoms with Crippen LogP contribution in [0.1, 0.15) is 5.56 Å². The van der Waals surface area contributed by atoms with E-state index < -0.39 is 0 Å². The summed E-state index contributed by atoms with van der Waals surface area (Å²) in [7, 11) is 3.11. The van der Waals surface area contributed by atoms with Gasteiger partial charge in [0.1, 0.15) is 11.6 Å². The predicted octanol–water partition coefficient (Wildman–Crippen LogP) is 3.88. The zero-order chi connectivity index (χ0) is 16.8. The van der Waals surface area contributed by atoms with E-state index in [4.69, 9.17) is 22.1 Å². The number of methoxy groups -OCH3 is 1. The molecule has 2 aromatic carbocycles. The molecule has 0 radical (unpaired) electrons. The van der Waals surface area contributed by atoms with Gasteiger partial charge in [-0.05, 0) is 48.6 Å². The van der Waals surface area contributed by atoms with Crippen LogP contribution in [0.2, 0.25) is 5.02 Å². The smallest absolute Gasteiger partial charge is 0.128 e.